The van der Waals surface area contributed by atoms with Gasteiger partial charge in [0.25, 0.3) is 0 Å². The minimum Gasteiger partial charge on any atom is -0.488 e. The molecule has 164 valence electrons. The Hall–Kier alpha value is -4.35. The minimum absolute atomic E-state index is 0.151. The minimum atomic E-state index is -0.151. The van der Waals surface area contributed by atoms with Gasteiger partial charge in [0.15, 0.2) is 11.6 Å². The van der Waals surface area contributed by atoms with Crippen molar-refractivity contribution in [2.24, 2.45) is 0 Å². The lowest BCUT2D eigenvalue weighted by Gasteiger charge is -2.09. The maximum Gasteiger partial charge on any atom is 0.203 e. The van der Waals surface area contributed by atoms with Crippen LogP contribution in [-0.2, 0) is 11.2 Å². The molecule has 0 saturated carbocycles. The number of nitrogens with zero attached hydrogens (tertiary/aromatic N) is 5. The monoisotopic (exact) mass is 439 g/mol. The fourth-order valence-corrected chi connectivity index (χ4v) is 3.23. The Balaban J connectivity index is 1.55. The molecule has 2 aromatic heterocycles. The van der Waals surface area contributed by atoms with E-state index in [1.165, 1.54) is 6.07 Å². The van der Waals surface area contributed by atoms with Gasteiger partial charge in [0.05, 0.1) is 36.3 Å². The molecule has 4 aromatic rings. The van der Waals surface area contributed by atoms with Gasteiger partial charge in [0.1, 0.15) is 12.3 Å². The van der Waals surface area contributed by atoms with E-state index < -0.39 is 0 Å². The highest BCUT2D eigenvalue weighted by atomic mass is 16.5. The molecule has 0 spiro atoms. The molecule has 0 radical (unpaired) electrons. The normalized spacial score (nSPS) is 10.5. The van der Waals surface area contributed by atoms with E-state index in [0.29, 0.717) is 48.2 Å². The summed E-state index contributed by atoms with van der Waals surface area (Å²) in [5.74, 6) is 1.13. The van der Waals surface area contributed by atoms with Crippen molar-refractivity contribution in [3.8, 4) is 28.9 Å². The van der Waals surface area contributed by atoms with Crippen LogP contribution >= 0.6 is 0 Å². The van der Waals surface area contributed by atoms with Crippen LogP contribution < -0.4 is 10.2 Å². The van der Waals surface area contributed by atoms with Crippen molar-refractivity contribution in [1.29, 1.82) is 5.26 Å². The van der Waals surface area contributed by atoms with Gasteiger partial charge in [-0.3, -0.25) is 4.79 Å². The first-order chi connectivity index (χ1) is 16.2. The molecule has 8 heteroatoms. The lowest BCUT2D eigenvalue weighted by atomic mass is 10.1. The second kappa shape index (κ2) is 10.3. The molecule has 0 N–H and O–H groups in total. The molecule has 2 aromatic carbocycles. The van der Waals surface area contributed by atoms with Crippen LogP contribution in [0, 0.1) is 11.3 Å². The van der Waals surface area contributed by atoms with Crippen molar-refractivity contribution in [1.82, 2.24) is 19.7 Å². The first kappa shape index (κ1) is 21.9. The average Bonchev–Trinajstić information content (AvgIpc) is 2.86. The third-order valence-corrected chi connectivity index (χ3v) is 4.86. The van der Waals surface area contributed by atoms with Crippen LogP contribution in [0.3, 0.4) is 0 Å². The first-order valence-corrected chi connectivity index (χ1v) is 10.3. The summed E-state index contributed by atoms with van der Waals surface area (Å²) in [5.41, 5.74) is 3.22. The van der Waals surface area contributed by atoms with Crippen LogP contribution in [0.1, 0.15) is 16.8 Å². The van der Waals surface area contributed by atoms with Crippen molar-refractivity contribution in [2.75, 3.05) is 20.3 Å². The molecule has 0 fully saturated rings. The maximum absolute atomic E-state index is 12.5. The van der Waals surface area contributed by atoms with Gasteiger partial charge in [-0.1, -0.05) is 24.3 Å². The molecule has 0 unspecified atom stereocenters. The van der Waals surface area contributed by atoms with Gasteiger partial charge in [-0.25, -0.2) is 14.6 Å². The van der Waals surface area contributed by atoms with E-state index in [0.717, 1.165) is 11.1 Å². The number of ether oxygens (including phenoxy) is 2. The Morgan fingerprint density at radius 1 is 1.03 bits per heavy atom. The van der Waals surface area contributed by atoms with Crippen molar-refractivity contribution < 1.29 is 9.47 Å². The summed E-state index contributed by atoms with van der Waals surface area (Å²) in [6, 6.07) is 18.3. The predicted octanol–water partition coefficient (Wildman–Crippen LogP) is 3.18. The molecule has 0 aliphatic rings. The molecular weight excluding hydrogens is 418 g/mol. The van der Waals surface area contributed by atoms with Gasteiger partial charge in [0.2, 0.25) is 5.43 Å². The fraction of sp³-hybridized carbons (Fsp3) is 0.160. The second-order valence-electron chi connectivity index (χ2n) is 7.19. The van der Waals surface area contributed by atoms with Gasteiger partial charge in [0, 0.05) is 31.4 Å². The molecule has 4 rings (SSSR count). The quantitative estimate of drug-likeness (QED) is 0.389. The lowest BCUT2D eigenvalue weighted by Crippen LogP contribution is -2.16. The van der Waals surface area contributed by atoms with Crippen LogP contribution in [0.5, 0.6) is 5.75 Å². The van der Waals surface area contributed by atoms with E-state index in [1.54, 1.807) is 48.6 Å². The highest BCUT2D eigenvalue weighted by Gasteiger charge is 2.09. The third kappa shape index (κ3) is 5.47. The molecule has 33 heavy (non-hydrogen) atoms. The first-order valence-electron chi connectivity index (χ1n) is 10.3. The van der Waals surface area contributed by atoms with Crippen molar-refractivity contribution in [3.05, 3.63) is 100 Å². The largest absolute Gasteiger partial charge is 0.488 e. The summed E-state index contributed by atoms with van der Waals surface area (Å²) in [7, 11) is 1.61. The van der Waals surface area contributed by atoms with Gasteiger partial charge < -0.3 is 9.47 Å². The number of methoxy groups -OCH3 is 1. The summed E-state index contributed by atoms with van der Waals surface area (Å²) in [5, 5.41) is 13.6. The van der Waals surface area contributed by atoms with Gasteiger partial charge in [-0.05, 0) is 29.8 Å². The zero-order valence-corrected chi connectivity index (χ0v) is 18.0. The Kier molecular flexibility index (Phi) is 6.83. The van der Waals surface area contributed by atoms with E-state index in [2.05, 4.69) is 21.1 Å². The van der Waals surface area contributed by atoms with Crippen molar-refractivity contribution >= 4 is 0 Å². The summed E-state index contributed by atoms with van der Waals surface area (Å²) < 4.78 is 12.1. The summed E-state index contributed by atoms with van der Waals surface area (Å²) in [6.07, 6.45) is 5.20. The van der Waals surface area contributed by atoms with Crippen LogP contribution in [0.2, 0.25) is 0 Å². The fourth-order valence-electron chi connectivity index (χ4n) is 3.23. The molecule has 8 nitrogen and oxygen atoms in total. The highest BCUT2D eigenvalue weighted by molar-refractivity contribution is 5.56. The summed E-state index contributed by atoms with van der Waals surface area (Å²) in [6.45, 7) is 0.917. The topological polar surface area (TPSA) is 103 Å². The smallest absolute Gasteiger partial charge is 0.203 e. The predicted molar refractivity (Wildman–Crippen MR) is 122 cm³/mol. The second-order valence-corrected chi connectivity index (χ2v) is 7.19. The number of nitriles is 1. The van der Waals surface area contributed by atoms with E-state index >= 15 is 0 Å². The van der Waals surface area contributed by atoms with Gasteiger partial charge in [-0.2, -0.15) is 10.4 Å². The molecule has 0 aliphatic heterocycles. The SMILES string of the molecule is COCCOc1cnc(-c2cccc(Cc3nn(-c4cccc(C#N)c4)ccc3=O)c2)nc1. The molecule has 0 bridgehead atoms. The van der Waals surface area contributed by atoms with Crippen LogP contribution in [0.25, 0.3) is 17.1 Å². The summed E-state index contributed by atoms with van der Waals surface area (Å²) in [4.78, 5) is 21.2. The number of hydrogen-bond donors (Lipinski definition) is 0. The van der Waals surface area contributed by atoms with Crippen molar-refractivity contribution in [3.63, 3.8) is 0 Å². The standard InChI is InChI=1S/C25H21N5O3/c1-32-10-11-33-22-16-27-25(28-17-22)20-6-2-4-18(12-20)14-23-24(31)8-9-30(29-23)21-7-3-5-19(13-21)15-26/h2-9,12-13,16-17H,10-11,14H2,1H3. The van der Waals surface area contributed by atoms with E-state index in [9.17, 15) is 4.79 Å². The van der Waals surface area contributed by atoms with Gasteiger partial charge >= 0.3 is 0 Å². The number of benzene rings is 2. The van der Waals surface area contributed by atoms with Crippen LogP contribution in [0.15, 0.2) is 78.0 Å². The Morgan fingerprint density at radius 3 is 2.64 bits per heavy atom. The van der Waals surface area contributed by atoms with Crippen LogP contribution in [-0.4, -0.2) is 40.1 Å². The molecule has 0 amide bonds. The number of aromatic nitrogens is 4. The Bertz CT molecular complexity index is 1340. The van der Waals surface area contributed by atoms with Crippen LogP contribution in [0.4, 0.5) is 0 Å². The Labute approximate surface area is 190 Å². The number of rotatable bonds is 8. The Morgan fingerprint density at radius 2 is 1.85 bits per heavy atom. The molecule has 0 atom stereocenters. The molecule has 2 heterocycles. The van der Waals surface area contributed by atoms with E-state index in [-0.39, 0.29) is 5.43 Å². The zero-order valence-electron chi connectivity index (χ0n) is 18.0. The summed E-state index contributed by atoms with van der Waals surface area (Å²) >= 11 is 0. The maximum atomic E-state index is 12.5. The lowest BCUT2D eigenvalue weighted by molar-refractivity contribution is 0.146. The number of hydrogen-bond acceptors (Lipinski definition) is 7. The third-order valence-electron chi connectivity index (χ3n) is 4.86. The highest BCUT2D eigenvalue weighted by Crippen LogP contribution is 2.19. The van der Waals surface area contributed by atoms with Gasteiger partial charge in [-0.15, -0.1) is 0 Å². The van der Waals surface area contributed by atoms with Crippen molar-refractivity contribution in [2.45, 2.75) is 6.42 Å². The molecule has 0 saturated heterocycles. The molecular formula is C25H21N5O3. The van der Waals surface area contributed by atoms with E-state index in [1.807, 2.05) is 30.3 Å². The average molecular weight is 439 g/mol. The van der Waals surface area contributed by atoms with E-state index in [4.69, 9.17) is 14.7 Å². The molecule has 0 aliphatic carbocycles. The zero-order chi connectivity index (χ0) is 23.0.